The van der Waals surface area contributed by atoms with E-state index >= 15 is 0 Å². The third-order valence-corrected chi connectivity index (χ3v) is 3.27. The van der Waals surface area contributed by atoms with Crippen molar-refractivity contribution in [2.75, 3.05) is 39.9 Å². The molecule has 0 amide bonds. The van der Waals surface area contributed by atoms with Gasteiger partial charge in [0.2, 0.25) is 0 Å². The second-order valence-electron chi connectivity index (χ2n) is 4.81. The maximum Gasteiger partial charge on any atom is 0.0593 e. The summed E-state index contributed by atoms with van der Waals surface area (Å²) in [6.45, 7) is 8.91. The van der Waals surface area contributed by atoms with Crippen LogP contribution in [-0.2, 0) is 4.74 Å². The zero-order valence-corrected chi connectivity index (χ0v) is 12.6. The van der Waals surface area contributed by atoms with Gasteiger partial charge >= 0.3 is 0 Å². The van der Waals surface area contributed by atoms with E-state index < -0.39 is 0 Å². The normalized spacial score (nSPS) is 12.8. The lowest BCUT2D eigenvalue weighted by Crippen LogP contribution is -2.29. The van der Waals surface area contributed by atoms with E-state index in [0.717, 1.165) is 39.3 Å². The maximum atomic E-state index is 5.39. The van der Waals surface area contributed by atoms with Crippen molar-refractivity contribution in [3.63, 3.8) is 0 Å². The number of hydrogen-bond acceptors (Lipinski definition) is 3. The van der Waals surface area contributed by atoms with Gasteiger partial charge in [-0.2, -0.15) is 0 Å². The fraction of sp³-hybridized carbons (Fsp3) is 0.625. The second kappa shape index (κ2) is 9.96. The van der Waals surface area contributed by atoms with Gasteiger partial charge in [0, 0.05) is 19.2 Å². The Morgan fingerprint density at radius 1 is 1.16 bits per heavy atom. The Bertz CT molecular complexity index is 316. The molecule has 1 rings (SSSR count). The topological polar surface area (TPSA) is 24.5 Å². The van der Waals surface area contributed by atoms with Gasteiger partial charge in [0.15, 0.2) is 0 Å². The summed E-state index contributed by atoms with van der Waals surface area (Å²) < 4.78 is 5.39. The molecule has 108 valence electrons. The Morgan fingerprint density at radius 2 is 1.89 bits per heavy atom. The molecule has 0 radical (unpaired) electrons. The summed E-state index contributed by atoms with van der Waals surface area (Å²) in [6.07, 6.45) is 1.13. The minimum atomic E-state index is 0.445. The summed E-state index contributed by atoms with van der Waals surface area (Å²) in [5.41, 5.74) is 1.38. The van der Waals surface area contributed by atoms with E-state index in [2.05, 4.69) is 54.5 Å². The molecule has 3 nitrogen and oxygen atoms in total. The van der Waals surface area contributed by atoms with Crippen molar-refractivity contribution < 1.29 is 4.74 Å². The van der Waals surface area contributed by atoms with E-state index in [-0.39, 0.29) is 0 Å². The molecule has 3 heteroatoms. The van der Waals surface area contributed by atoms with Gasteiger partial charge in [0.25, 0.3) is 0 Å². The van der Waals surface area contributed by atoms with Gasteiger partial charge in [0.1, 0.15) is 0 Å². The van der Waals surface area contributed by atoms with Crippen molar-refractivity contribution in [3.05, 3.63) is 35.9 Å². The summed E-state index contributed by atoms with van der Waals surface area (Å²) in [6, 6.07) is 11.1. The number of nitrogens with zero attached hydrogens (tertiary/aromatic N) is 1. The molecule has 0 aromatic heterocycles. The van der Waals surface area contributed by atoms with Crippen LogP contribution in [0.2, 0.25) is 0 Å². The lowest BCUT2D eigenvalue weighted by Gasteiger charge is -2.22. The molecule has 1 aromatic rings. The predicted molar refractivity (Wildman–Crippen MR) is 81.5 cm³/mol. The molecule has 19 heavy (non-hydrogen) atoms. The van der Waals surface area contributed by atoms with E-state index in [0.29, 0.717) is 6.04 Å². The first kappa shape index (κ1) is 16.2. The third kappa shape index (κ3) is 6.71. The second-order valence-corrected chi connectivity index (χ2v) is 4.81. The van der Waals surface area contributed by atoms with Crippen LogP contribution in [-0.4, -0.2) is 44.8 Å². The molecule has 1 N–H and O–H groups in total. The molecular formula is C16H28N2O. The van der Waals surface area contributed by atoms with E-state index in [1.165, 1.54) is 5.56 Å². The minimum Gasteiger partial charge on any atom is -0.380 e. The average molecular weight is 264 g/mol. The Hall–Kier alpha value is -0.900. The van der Waals surface area contributed by atoms with Crippen molar-refractivity contribution in [1.29, 1.82) is 0 Å². The number of benzene rings is 1. The van der Waals surface area contributed by atoms with Gasteiger partial charge in [-0.1, -0.05) is 37.3 Å². The number of ether oxygens (including phenoxy) is 1. The van der Waals surface area contributed by atoms with Gasteiger partial charge < -0.3 is 15.0 Å². The molecule has 0 aliphatic heterocycles. The molecule has 0 spiro atoms. The molecule has 0 bridgehead atoms. The fourth-order valence-corrected chi connectivity index (χ4v) is 2.14. The fourth-order valence-electron chi connectivity index (χ4n) is 2.14. The summed E-state index contributed by atoms with van der Waals surface area (Å²) in [5, 5.41) is 3.56. The van der Waals surface area contributed by atoms with E-state index in [1.807, 2.05) is 6.92 Å². The Morgan fingerprint density at radius 3 is 2.53 bits per heavy atom. The van der Waals surface area contributed by atoms with Crippen LogP contribution in [0.5, 0.6) is 0 Å². The Balaban J connectivity index is 2.37. The highest BCUT2D eigenvalue weighted by atomic mass is 16.5. The van der Waals surface area contributed by atoms with Gasteiger partial charge in [0.05, 0.1) is 6.61 Å². The predicted octanol–water partition coefficient (Wildman–Crippen LogP) is 2.70. The molecule has 1 unspecified atom stereocenters. The Labute approximate surface area is 118 Å². The SMILES string of the molecule is CCNC(CCN(C)CCOCC)c1ccccc1. The van der Waals surface area contributed by atoms with E-state index in [1.54, 1.807) is 0 Å². The first-order valence-electron chi connectivity index (χ1n) is 7.32. The molecule has 0 heterocycles. The monoisotopic (exact) mass is 264 g/mol. The highest BCUT2D eigenvalue weighted by molar-refractivity contribution is 5.18. The summed E-state index contributed by atoms with van der Waals surface area (Å²) in [7, 11) is 2.16. The van der Waals surface area contributed by atoms with Crippen LogP contribution in [0.4, 0.5) is 0 Å². The van der Waals surface area contributed by atoms with Crippen molar-refractivity contribution >= 4 is 0 Å². The number of hydrogen-bond donors (Lipinski definition) is 1. The van der Waals surface area contributed by atoms with Crippen molar-refractivity contribution in [3.8, 4) is 0 Å². The van der Waals surface area contributed by atoms with Crippen LogP contribution < -0.4 is 5.32 Å². The lowest BCUT2D eigenvalue weighted by molar-refractivity contribution is 0.121. The highest BCUT2D eigenvalue weighted by Crippen LogP contribution is 2.16. The molecule has 0 saturated carbocycles. The van der Waals surface area contributed by atoms with Crippen molar-refractivity contribution in [2.24, 2.45) is 0 Å². The summed E-state index contributed by atoms with van der Waals surface area (Å²) >= 11 is 0. The van der Waals surface area contributed by atoms with Gasteiger partial charge in [-0.15, -0.1) is 0 Å². The quantitative estimate of drug-likeness (QED) is 0.658. The maximum absolute atomic E-state index is 5.39. The highest BCUT2D eigenvalue weighted by Gasteiger charge is 2.10. The zero-order chi connectivity index (χ0) is 13.9. The van der Waals surface area contributed by atoms with Crippen LogP contribution in [0.15, 0.2) is 30.3 Å². The third-order valence-electron chi connectivity index (χ3n) is 3.27. The molecule has 1 atom stereocenters. The molecule has 1 aromatic carbocycles. The van der Waals surface area contributed by atoms with Crippen LogP contribution >= 0.6 is 0 Å². The number of rotatable bonds is 10. The van der Waals surface area contributed by atoms with Crippen LogP contribution in [0, 0.1) is 0 Å². The molecule has 0 aliphatic carbocycles. The first-order valence-corrected chi connectivity index (χ1v) is 7.32. The Kier molecular flexibility index (Phi) is 8.47. The molecule has 0 aliphatic rings. The zero-order valence-electron chi connectivity index (χ0n) is 12.6. The molecule has 0 saturated heterocycles. The number of nitrogens with one attached hydrogen (secondary N) is 1. The van der Waals surface area contributed by atoms with Gasteiger partial charge in [-0.25, -0.2) is 0 Å². The standard InChI is InChI=1S/C16H28N2O/c1-4-17-16(15-9-7-6-8-10-15)11-12-18(3)13-14-19-5-2/h6-10,16-17H,4-5,11-14H2,1-3H3. The van der Waals surface area contributed by atoms with Gasteiger partial charge in [-0.3, -0.25) is 0 Å². The number of likely N-dealkylation sites (N-methyl/N-ethyl adjacent to an activating group) is 1. The van der Waals surface area contributed by atoms with E-state index in [4.69, 9.17) is 4.74 Å². The summed E-state index contributed by atoms with van der Waals surface area (Å²) in [4.78, 5) is 2.34. The lowest BCUT2D eigenvalue weighted by atomic mass is 10.0. The molecular weight excluding hydrogens is 236 g/mol. The molecule has 0 fully saturated rings. The summed E-state index contributed by atoms with van der Waals surface area (Å²) in [5.74, 6) is 0. The van der Waals surface area contributed by atoms with Crippen molar-refractivity contribution in [2.45, 2.75) is 26.3 Å². The van der Waals surface area contributed by atoms with Crippen LogP contribution in [0.3, 0.4) is 0 Å². The van der Waals surface area contributed by atoms with Crippen LogP contribution in [0.25, 0.3) is 0 Å². The average Bonchev–Trinajstić information content (AvgIpc) is 2.44. The first-order chi connectivity index (χ1) is 9.27. The van der Waals surface area contributed by atoms with E-state index in [9.17, 15) is 0 Å². The largest absolute Gasteiger partial charge is 0.380 e. The van der Waals surface area contributed by atoms with Gasteiger partial charge in [-0.05, 0) is 39.0 Å². The minimum absolute atomic E-state index is 0.445. The van der Waals surface area contributed by atoms with Crippen molar-refractivity contribution in [1.82, 2.24) is 10.2 Å². The van der Waals surface area contributed by atoms with Crippen LogP contribution in [0.1, 0.15) is 31.9 Å². The smallest absolute Gasteiger partial charge is 0.0593 e.